The van der Waals surface area contributed by atoms with Gasteiger partial charge < -0.3 is 10.1 Å². The van der Waals surface area contributed by atoms with Crippen LogP contribution in [0.3, 0.4) is 0 Å². The zero-order valence-electron chi connectivity index (χ0n) is 9.78. The number of nitrogens with one attached hydrogen (secondary N) is 1. The molecule has 0 radical (unpaired) electrons. The van der Waals surface area contributed by atoms with Crippen molar-refractivity contribution in [3.63, 3.8) is 0 Å². The van der Waals surface area contributed by atoms with Crippen molar-refractivity contribution in [1.29, 1.82) is 0 Å². The van der Waals surface area contributed by atoms with Gasteiger partial charge in [0.1, 0.15) is 6.04 Å². The van der Waals surface area contributed by atoms with E-state index in [4.69, 9.17) is 16.3 Å². The molecule has 1 N–H and O–H groups in total. The second kappa shape index (κ2) is 5.52. The summed E-state index contributed by atoms with van der Waals surface area (Å²) in [6.45, 7) is 0.807. The lowest BCUT2D eigenvalue weighted by molar-refractivity contribution is -0.143. The smallest absolute Gasteiger partial charge is 0.322 e. The number of esters is 1. The van der Waals surface area contributed by atoms with Crippen molar-refractivity contribution in [2.24, 2.45) is 0 Å². The predicted molar refractivity (Wildman–Crippen MR) is 67.2 cm³/mol. The third-order valence-electron chi connectivity index (χ3n) is 3.24. The number of hydrogen-bond acceptors (Lipinski definition) is 3. The van der Waals surface area contributed by atoms with E-state index in [0.717, 1.165) is 24.4 Å². The average Bonchev–Trinajstić information content (AvgIpc) is 2.39. The number of rotatable bonds is 2. The van der Waals surface area contributed by atoms with Crippen LogP contribution in [0, 0.1) is 0 Å². The molecule has 0 amide bonds. The van der Waals surface area contributed by atoms with Gasteiger partial charge in [0.15, 0.2) is 0 Å². The molecule has 2 atom stereocenters. The molecule has 0 bridgehead atoms. The van der Waals surface area contributed by atoms with Gasteiger partial charge in [0, 0.05) is 11.6 Å². The van der Waals surface area contributed by atoms with Crippen LogP contribution < -0.4 is 5.32 Å². The molecule has 2 rings (SSSR count). The van der Waals surface area contributed by atoms with E-state index < -0.39 is 0 Å². The Morgan fingerprint density at radius 2 is 2.06 bits per heavy atom. The molecule has 0 aromatic heterocycles. The highest BCUT2D eigenvalue weighted by Gasteiger charge is 2.26. The number of ether oxygens (including phenoxy) is 1. The molecule has 1 aromatic carbocycles. The number of carbonyl (C=O) groups excluding carboxylic acids is 1. The fourth-order valence-electron chi connectivity index (χ4n) is 2.22. The molecule has 1 aromatic rings. The van der Waals surface area contributed by atoms with Crippen molar-refractivity contribution < 1.29 is 9.53 Å². The molecule has 0 spiro atoms. The first-order valence-corrected chi connectivity index (χ1v) is 6.15. The minimum absolute atomic E-state index is 0.149. The number of carbonyl (C=O) groups is 1. The molecule has 1 heterocycles. The first-order valence-electron chi connectivity index (χ1n) is 5.77. The summed E-state index contributed by atoms with van der Waals surface area (Å²) in [5.74, 6) is 0.285. The molecular weight excluding hydrogens is 238 g/mol. The SMILES string of the molecule is COC(=O)[C@@H]1CC[C@H](c2ccc(Cl)cc2)CN1. The quantitative estimate of drug-likeness (QED) is 0.823. The Morgan fingerprint density at radius 1 is 1.35 bits per heavy atom. The van der Waals surface area contributed by atoms with E-state index in [1.54, 1.807) is 0 Å². The highest BCUT2D eigenvalue weighted by molar-refractivity contribution is 6.30. The maximum Gasteiger partial charge on any atom is 0.322 e. The standard InChI is InChI=1S/C13H16ClNO2/c1-17-13(16)12-7-4-10(8-15-12)9-2-5-11(14)6-3-9/h2-3,5-6,10,12,15H,4,7-8H2,1H3/t10-,12-/m0/s1. The van der Waals surface area contributed by atoms with Crippen LogP contribution in [0.25, 0.3) is 0 Å². The van der Waals surface area contributed by atoms with Crippen LogP contribution in [0.4, 0.5) is 0 Å². The Bertz CT molecular complexity index is 383. The fourth-order valence-corrected chi connectivity index (χ4v) is 2.35. The average molecular weight is 254 g/mol. The van der Waals surface area contributed by atoms with Crippen molar-refractivity contribution in [3.05, 3.63) is 34.9 Å². The molecule has 0 unspecified atom stereocenters. The van der Waals surface area contributed by atoms with Gasteiger partial charge in [-0.15, -0.1) is 0 Å². The van der Waals surface area contributed by atoms with Gasteiger partial charge in [-0.05, 0) is 36.5 Å². The topological polar surface area (TPSA) is 38.3 Å². The summed E-state index contributed by atoms with van der Waals surface area (Å²) >= 11 is 5.86. The Kier molecular flexibility index (Phi) is 4.02. The van der Waals surface area contributed by atoms with E-state index in [-0.39, 0.29) is 12.0 Å². The largest absolute Gasteiger partial charge is 0.468 e. The number of methoxy groups -OCH3 is 1. The summed E-state index contributed by atoms with van der Waals surface area (Å²) in [7, 11) is 1.43. The van der Waals surface area contributed by atoms with Gasteiger partial charge in [0.2, 0.25) is 0 Å². The highest BCUT2D eigenvalue weighted by Crippen LogP contribution is 2.26. The molecular formula is C13H16ClNO2. The summed E-state index contributed by atoms with van der Waals surface area (Å²) in [6, 6.07) is 7.76. The Hall–Kier alpha value is -1.06. The molecule has 92 valence electrons. The van der Waals surface area contributed by atoms with Crippen LogP contribution in [0.5, 0.6) is 0 Å². The van der Waals surface area contributed by atoms with Crippen molar-refractivity contribution in [2.75, 3.05) is 13.7 Å². The fraction of sp³-hybridized carbons (Fsp3) is 0.462. The maximum absolute atomic E-state index is 11.4. The maximum atomic E-state index is 11.4. The summed E-state index contributed by atoms with van der Waals surface area (Å²) in [5.41, 5.74) is 1.27. The summed E-state index contributed by atoms with van der Waals surface area (Å²) in [6.07, 6.45) is 1.81. The Labute approximate surface area is 106 Å². The number of benzene rings is 1. The molecule has 1 aliphatic rings. The van der Waals surface area contributed by atoms with Gasteiger partial charge >= 0.3 is 5.97 Å². The van der Waals surface area contributed by atoms with Crippen LogP contribution in [0.1, 0.15) is 24.3 Å². The van der Waals surface area contributed by atoms with Gasteiger partial charge in [0.25, 0.3) is 0 Å². The van der Waals surface area contributed by atoms with Crippen molar-refractivity contribution in [2.45, 2.75) is 24.8 Å². The first-order chi connectivity index (χ1) is 8.20. The summed E-state index contributed by atoms with van der Waals surface area (Å²) < 4.78 is 4.73. The van der Waals surface area contributed by atoms with E-state index in [2.05, 4.69) is 5.32 Å². The summed E-state index contributed by atoms with van der Waals surface area (Å²) in [5, 5.41) is 3.98. The Balaban J connectivity index is 1.95. The van der Waals surface area contributed by atoms with E-state index >= 15 is 0 Å². The number of halogens is 1. The van der Waals surface area contributed by atoms with Crippen LogP contribution in [0.15, 0.2) is 24.3 Å². The van der Waals surface area contributed by atoms with Crippen LogP contribution in [0.2, 0.25) is 5.02 Å². The van der Waals surface area contributed by atoms with E-state index in [1.165, 1.54) is 12.7 Å². The predicted octanol–water partition coefficient (Wildman–Crippen LogP) is 2.35. The normalized spacial score (nSPS) is 24.4. The second-order valence-corrected chi connectivity index (χ2v) is 4.75. The molecule has 1 fully saturated rings. The molecule has 0 aliphatic carbocycles. The minimum Gasteiger partial charge on any atom is -0.468 e. The monoisotopic (exact) mass is 253 g/mol. The second-order valence-electron chi connectivity index (χ2n) is 4.31. The van der Waals surface area contributed by atoms with Crippen LogP contribution >= 0.6 is 11.6 Å². The van der Waals surface area contributed by atoms with Gasteiger partial charge in [-0.2, -0.15) is 0 Å². The molecule has 17 heavy (non-hydrogen) atoms. The lowest BCUT2D eigenvalue weighted by atomic mass is 9.89. The van der Waals surface area contributed by atoms with Gasteiger partial charge in [-0.3, -0.25) is 4.79 Å². The molecule has 4 heteroatoms. The Morgan fingerprint density at radius 3 is 2.59 bits per heavy atom. The van der Waals surface area contributed by atoms with E-state index in [9.17, 15) is 4.79 Å². The first kappa shape index (κ1) is 12.4. The van der Waals surface area contributed by atoms with Crippen molar-refractivity contribution in [3.8, 4) is 0 Å². The molecule has 1 saturated heterocycles. The third kappa shape index (κ3) is 2.99. The zero-order chi connectivity index (χ0) is 12.3. The third-order valence-corrected chi connectivity index (χ3v) is 3.49. The van der Waals surface area contributed by atoms with Crippen LogP contribution in [-0.4, -0.2) is 25.7 Å². The minimum atomic E-state index is -0.167. The van der Waals surface area contributed by atoms with Gasteiger partial charge in [-0.1, -0.05) is 23.7 Å². The molecule has 0 saturated carbocycles. The van der Waals surface area contributed by atoms with E-state index in [0.29, 0.717) is 5.92 Å². The van der Waals surface area contributed by atoms with Crippen LogP contribution in [-0.2, 0) is 9.53 Å². The lowest BCUT2D eigenvalue weighted by Crippen LogP contribution is -2.43. The molecule has 3 nitrogen and oxygen atoms in total. The number of hydrogen-bond donors (Lipinski definition) is 1. The van der Waals surface area contributed by atoms with Gasteiger partial charge in [-0.25, -0.2) is 0 Å². The van der Waals surface area contributed by atoms with Crippen molar-refractivity contribution >= 4 is 17.6 Å². The molecule has 1 aliphatic heterocycles. The van der Waals surface area contributed by atoms with E-state index in [1.807, 2.05) is 24.3 Å². The lowest BCUT2D eigenvalue weighted by Gasteiger charge is -2.28. The number of piperidine rings is 1. The van der Waals surface area contributed by atoms with Gasteiger partial charge in [0.05, 0.1) is 7.11 Å². The van der Waals surface area contributed by atoms with Crippen molar-refractivity contribution in [1.82, 2.24) is 5.32 Å². The highest BCUT2D eigenvalue weighted by atomic mass is 35.5. The zero-order valence-corrected chi connectivity index (χ0v) is 10.5. The summed E-state index contributed by atoms with van der Waals surface area (Å²) in [4.78, 5) is 11.4.